The van der Waals surface area contributed by atoms with Gasteiger partial charge in [-0.25, -0.2) is 0 Å². The molecule has 0 aromatic carbocycles. The van der Waals surface area contributed by atoms with Gasteiger partial charge in [0.25, 0.3) is 5.79 Å². The molecule has 0 radical (unpaired) electrons. The second-order valence-corrected chi connectivity index (χ2v) is 3.92. The summed E-state index contributed by atoms with van der Waals surface area (Å²) in [5, 5.41) is 0. The van der Waals surface area contributed by atoms with Crippen LogP contribution in [0.5, 0.6) is 0 Å². The van der Waals surface area contributed by atoms with Crippen LogP contribution in [-0.2, 0) is 33.4 Å². The number of carbonyl (C=O) groups excluding carboxylic acids is 4. The molecular formula is C10H12O7. The summed E-state index contributed by atoms with van der Waals surface area (Å²) in [6, 6.07) is 0. The molecule has 0 atom stereocenters. The Kier molecular flexibility index (Phi) is 3.50. The summed E-state index contributed by atoms with van der Waals surface area (Å²) in [4.78, 5) is 44.8. The lowest BCUT2D eigenvalue weighted by atomic mass is 10.0. The van der Waals surface area contributed by atoms with Gasteiger partial charge in [0, 0.05) is 20.8 Å². The maximum Gasteiger partial charge on any atom is 0.331 e. The Hall–Kier alpha value is -1.92. The van der Waals surface area contributed by atoms with Crippen LogP contribution in [0.2, 0.25) is 0 Å². The van der Waals surface area contributed by atoms with Crippen LogP contribution in [-0.4, -0.2) is 36.1 Å². The standard InChI is InChI=1S/C10H12O7/c1-5(11)15-4-6(12)7-8(13)16-10(2,3)17-9(7)14/h7H,4H2,1-3H3. The fourth-order valence-corrected chi connectivity index (χ4v) is 1.24. The Labute approximate surface area is 97.0 Å². The topological polar surface area (TPSA) is 96.0 Å². The first kappa shape index (κ1) is 13.1. The minimum Gasteiger partial charge on any atom is -0.458 e. The average Bonchev–Trinajstić information content (AvgIpc) is 2.11. The van der Waals surface area contributed by atoms with E-state index in [1.54, 1.807) is 0 Å². The first-order valence-corrected chi connectivity index (χ1v) is 4.85. The van der Waals surface area contributed by atoms with E-state index in [9.17, 15) is 19.2 Å². The van der Waals surface area contributed by atoms with E-state index >= 15 is 0 Å². The summed E-state index contributed by atoms with van der Waals surface area (Å²) < 4.78 is 13.9. The number of rotatable bonds is 3. The lowest BCUT2D eigenvalue weighted by Gasteiger charge is -2.32. The van der Waals surface area contributed by atoms with Crippen molar-refractivity contribution in [1.29, 1.82) is 0 Å². The van der Waals surface area contributed by atoms with Crippen molar-refractivity contribution in [2.24, 2.45) is 5.92 Å². The second kappa shape index (κ2) is 4.52. The molecule has 7 heteroatoms. The van der Waals surface area contributed by atoms with Crippen molar-refractivity contribution < 1.29 is 33.4 Å². The van der Waals surface area contributed by atoms with Crippen molar-refractivity contribution in [1.82, 2.24) is 0 Å². The Bertz CT molecular complexity index is 362. The van der Waals surface area contributed by atoms with Crippen LogP contribution < -0.4 is 0 Å². The third-order valence-electron chi connectivity index (χ3n) is 1.90. The number of ether oxygens (including phenoxy) is 3. The van der Waals surface area contributed by atoms with Gasteiger partial charge in [-0.2, -0.15) is 0 Å². The summed E-state index contributed by atoms with van der Waals surface area (Å²) in [5.41, 5.74) is 0. The van der Waals surface area contributed by atoms with Gasteiger partial charge in [0.15, 0.2) is 12.4 Å². The monoisotopic (exact) mass is 244 g/mol. The molecule has 17 heavy (non-hydrogen) atoms. The molecule has 0 unspecified atom stereocenters. The third-order valence-corrected chi connectivity index (χ3v) is 1.90. The van der Waals surface area contributed by atoms with Gasteiger partial charge in [0.05, 0.1) is 0 Å². The van der Waals surface area contributed by atoms with Crippen molar-refractivity contribution in [3.63, 3.8) is 0 Å². The molecule has 1 saturated heterocycles. The van der Waals surface area contributed by atoms with E-state index in [0.717, 1.165) is 6.92 Å². The van der Waals surface area contributed by atoms with Crippen molar-refractivity contribution in [2.75, 3.05) is 6.61 Å². The molecule has 0 bridgehead atoms. The minimum atomic E-state index is -1.68. The third kappa shape index (κ3) is 3.27. The van der Waals surface area contributed by atoms with Crippen molar-refractivity contribution in [3.8, 4) is 0 Å². The van der Waals surface area contributed by atoms with Crippen LogP contribution >= 0.6 is 0 Å². The highest BCUT2D eigenvalue weighted by molar-refractivity contribution is 6.16. The van der Waals surface area contributed by atoms with Gasteiger partial charge in [-0.3, -0.25) is 19.2 Å². The summed E-state index contributed by atoms with van der Waals surface area (Å²) in [6.45, 7) is 3.18. The fraction of sp³-hybridized carbons (Fsp3) is 0.600. The van der Waals surface area contributed by atoms with Crippen LogP contribution in [0.3, 0.4) is 0 Å². The number of carbonyl (C=O) groups is 4. The summed E-state index contributed by atoms with van der Waals surface area (Å²) in [5.74, 6) is -6.61. The molecule has 0 saturated carbocycles. The van der Waals surface area contributed by atoms with Gasteiger partial charge in [-0.1, -0.05) is 0 Å². The molecule has 0 N–H and O–H groups in total. The Balaban J connectivity index is 2.71. The van der Waals surface area contributed by atoms with Gasteiger partial charge >= 0.3 is 17.9 Å². The van der Waals surface area contributed by atoms with Gasteiger partial charge in [0.2, 0.25) is 5.92 Å². The zero-order valence-corrected chi connectivity index (χ0v) is 9.64. The minimum absolute atomic E-state index is 0.662. The van der Waals surface area contributed by atoms with E-state index in [-0.39, 0.29) is 0 Å². The highest BCUT2D eigenvalue weighted by Crippen LogP contribution is 2.23. The molecule has 94 valence electrons. The van der Waals surface area contributed by atoms with E-state index in [2.05, 4.69) is 4.74 Å². The first-order valence-electron chi connectivity index (χ1n) is 4.85. The van der Waals surface area contributed by atoms with E-state index in [4.69, 9.17) is 9.47 Å². The van der Waals surface area contributed by atoms with Gasteiger partial charge < -0.3 is 14.2 Å². The number of Topliss-reactive ketones (excluding diaryl/α,β-unsaturated/α-hetero) is 1. The smallest absolute Gasteiger partial charge is 0.331 e. The van der Waals surface area contributed by atoms with Crippen molar-refractivity contribution in [2.45, 2.75) is 26.6 Å². The van der Waals surface area contributed by atoms with Gasteiger partial charge in [-0.15, -0.1) is 0 Å². The maximum atomic E-state index is 11.5. The number of hydrogen-bond acceptors (Lipinski definition) is 7. The fourth-order valence-electron chi connectivity index (χ4n) is 1.24. The van der Waals surface area contributed by atoms with Crippen LogP contribution in [0.1, 0.15) is 20.8 Å². The first-order chi connectivity index (χ1) is 7.73. The van der Waals surface area contributed by atoms with E-state index in [0.29, 0.717) is 0 Å². The van der Waals surface area contributed by atoms with Crippen molar-refractivity contribution >= 4 is 23.7 Å². The van der Waals surface area contributed by atoms with E-state index < -0.39 is 42.0 Å². The zero-order valence-electron chi connectivity index (χ0n) is 9.64. The molecular weight excluding hydrogens is 232 g/mol. The van der Waals surface area contributed by atoms with Gasteiger partial charge in [-0.05, 0) is 0 Å². The highest BCUT2D eigenvalue weighted by Gasteiger charge is 2.47. The maximum absolute atomic E-state index is 11.5. The summed E-state index contributed by atoms with van der Waals surface area (Å²) in [7, 11) is 0. The summed E-state index contributed by atoms with van der Waals surface area (Å²) >= 11 is 0. The number of esters is 3. The number of hydrogen-bond donors (Lipinski definition) is 0. The Morgan fingerprint density at radius 2 is 1.71 bits per heavy atom. The highest BCUT2D eigenvalue weighted by atomic mass is 16.7. The average molecular weight is 244 g/mol. The summed E-state index contributed by atoms with van der Waals surface area (Å²) in [6.07, 6.45) is 0. The SMILES string of the molecule is CC(=O)OCC(=O)C1C(=O)OC(C)(C)OC1=O. The second-order valence-electron chi connectivity index (χ2n) is 3.92. The predicted molar refractivity (Wildman–Crippen MR) is 51.4 cm³/mol. The van der Waals surface area contributed by atoms with Crippen LogP contribution in [0, 0.1) is 5.92 Å². The molecule has 1 rings (SSSR count). The molecule has 0 spiro atoms. The molecule has 0 aliphatic carbocycles. The van der Waals surface area contributed by atoms with Crippen LogP contribution in [0.4, 0.5) is 0 Å². The molecule has 1 aliphatic heterocycles. The largest absolute Gasteiger partial charge is 0.458 e. The Morgan fingerprint density at radius 3 is 2.12 bits per heavy atom. The lowest BCUT2D eigenvalue weighted by molar-refractivity contribution is -0.238. The molecule has 0 aromatic rings. The molecule has 1 heterocycles. The van der Waals surface area contributed by atoms with E-state index in [1.165, 1.54) is 13.8 Å². The Morgan fingerprint density at radius 1 is 1.24 bits per heavy atom. The number of cyclic esters (lactones) is 2. The normalized spacial score (nSPS) is 19.2. The zero-order chi connectivity index (χ0) is 13.2. The molecule has 1 aliphatic rings. The van der Waals surface area contributed by atoms with Crippen molar-refractivity contribution in [3.05, 3.63) is 0 Å². The molecule has 0 aromatic heterocycles. The molecule has 7 nitrogen and oxygen atoms in total. The molecule has 1 fully saturated rings. The van der Waals surface area contributed by atoms with Crippen LogP contribution in [0.15, 0.2) is 0 Å². The predicted octanol–water partition coefficient (Wildman–Crippen LogP) is -0.429. The van der Waals surface area contributed by atoms with E-state index in [1.807, 2.05) is 0 Å². The lowest BCUT2D eigenvalue weighted by Crippen LogP contribution is -2.49. The molecule has 0 amide bonds. The quantitative estimate of drug-likeness (QED) is 0.491. The van der Waals surface area contributed by atoms with Crippen LogP contribution in [0.25, 0.3) is 0 Å². The number of ketones is 1. The van der Waals surface area contributed by atoms with Gasteiger partial charge in [0.1, 0.15) is 0 Å².